The van der Waals surface area contributed by atoms with Gasteiger partial charge in [0.05, 0.1) is 12.6 Å². The van der Waals surface area contributed by atoms with Gasteiger partial charge in [0.25, 0.3) is 0 Å². The number of fused-ring (bicyclic) bond motifs is 1. The van der Waals surface area contributed by atoms with Crippen LogP contribution in [0.15, 0.2) is 30.3 Å². The Bertz CT molecular complexity index is 547. The second kappa shape index (κ2) is 4.94. The molecule has 0 spiro atoms. The Morgan fingerprint density at radius 3 is 2.78 bits per heavy atom. The highest BCUT2D eigenvalue weighted by Crippen LogP contribution is 2.26. The van der Waals surface area contributed by atoms with E-state index in [2.05, 4.69) is 17.4 Å². The number of nitrogens with one attached hydrogen (secondary N) is 1. The van der Waals surface area contributed by atoms with E-state index in [1.807, 2.05) is 18.2 Å². The van der Waals surface area contributed by atoms with Crippen LogP contribution in [0.1, 0.15) is 24.5 Å². The Hall–Kier alpha value is -1.61. The molecule has 0 amide bonds. The SMILES string of the molecule is COc1ccc2nc(C3CCNCC3)ccc2c1. The number of benzene rings is 1. The van der Waals surface area contributed by atoms with E-state index < -0.39 is 0 Å². The van der Waals surface area contributed by atoms with E-state index in [0.29, 0.717) is 5.92 Å². The number of hydrogen-bond acceptors (Lipinski definition) is 3. The van der Waals surface area contributed by atoms with Crippen molar-refractivity contribution in [3.8, 4) is 5.75 Å². The minimum absolute atomic E-state index is 0.609. The maximum absolute atomic E-state index is 5.23. The van der Waals surface area contributed by atoms with Crippen molar-refractivity contribution < 1.29 is 4.74 Å². The summed E-state index contributed by atoms with van der Waals surface area (Å²) in [6, 6.07) is 10.4. The van der Waals surface area contributed by atoms with E-state index in [1.54, 1.807) is 7.11 Å². The van der Waals surface area contributed by atoms with Crippen molar-refractivity contribution in [1.82, 2.24) is 10.3 Å². The zero-order valence-corrected chi connectivity index (χ0v) is 10.6. The molecule has 0 unspecified atom stereocenters. The zero-order chi connectivity index (χ0) is 12.4. The van der Waals surface area contributed by atoms with Crippen LogP contribution in [0, 0.1) is 0 Å². The van der Waals surface area contributed by atoms with Gasteiger partial charge in [-0.2, -0.15) is 0 Å². The molecule has 1 saturated heterocycles. The maximum Gasteiger partial charge on any atom is 0.119 e. The van der Waals surface area contributed by atoms with E-state index in [0.717, 1.165) is 29.7 Å². The van der Waals surface area contributed by atoms with Crippen LogP contribution in [0.25, 0.3) is 10.9 Å². The van der Waals surface area contributed by atoms with Gasteiger partial charge >= 0.3 is 0 Å². The van der Waals surface area contributed by atoms with E-state index in [-0.39, 0.29) is 0 Å². The average molecular weight is 242 g/mol. The van der Waals surface area contributed by atoms with Gasteiger partial charge in [-0.05, 0) is 50.2 Å². The minimum Gasteiger partial charge on any atom is -0.497 e. The fourth-order valence-electron chi connectivity index (χ4n) is 2.59. The lowest BCUT2D eigenvalue weighted by atomic mass is 9.94. The predicted molar refractivity (Wildman–Crippen MR) is 73.1 cm³/mol. The van der Waals surface area contributed by atoms with Crippen molar-refractivity contribution in [1.29, 1.82) is 0 Å². The summed E-state index contributed by atoms with van der Waals surface area (Å²) in [6.07, 6.45) is 2.38. The number of pyridine rings is 1. The first-order valence-electron chi connectivity index (χ1n) is 6.52. The van der Waals surface area contributed by atoms with Gasteiger partial charge in [-0.1, -0.05) is 6.07 Å². The smallest absolute Gasteiger partial charge is 0.119 e. The highest BCUT2D eigenvalue weighted by molar-refractivity contribution is 5.80. The largest absolute Gasteiger partial charge is 0.497 e. The summed E-state index contributed by atoms with van der Waals surface area (Å²) in [6.45, 7) is 2.21. The van der Waals surface area contributed by atoms with Crippen molar-refractivity contribution >= 4 is 10.9 Å². The highest BCUT2D eigenvalue weighted by atomic mass is 16.5. The third kappa shape index (κ3) is 2.18. The minimum atomic E-state index is 0.609. The Labute approximate surface area is 107 Å². The molecule has 3 nitrogen and oxygen atoms in total. The number of piperidine rings is 1. The van der Waals surface area contributed by atoms with Gasteiger partial charge in [-0.25, -0.2) is 0 Å². The van der Waals surface area contributed by atoms with Crippen LogP contribution in [0.4, 0.5) is 0 Å². The molecule has 1 aromatic heterocycles. The van der Waals surface area contributed by atoms with Crippen molar-refractivity contribution in [3.63, 3.8) is 0 Å². The summed E-state index contributed by atoms with van der Waals surface area (Å²) < 4.78 is 5.23. The van der Waals surface area contributed by atoms with Crippen molar-refractivity contribution in [3.05, 3.63) is 36.0 Å². The quantitative estimate of drug-likeness (QED) is 0.879. The van der Waals surface area contributed by atoms with Gasteiger partial charge in [0.15, 0.2) is 0 Å². The molecule has 2 heterocycles. The summed E-state index contributed by atoms with van der Waals surface area (Å²) >= 11 is 0. The van der Waals surface area contributed by atoms with Crippen LogP contribution in [0.5, 0.6) is 5.75 Å². The van der Waals surface area contributed by atoms with E-state index in [4.69, 9.17) is 9.72 Å². The second-order valence-electron chi connectivity index (χ2n) is 4.82. The Morgan fingerprint density at radius 1 is 1.17 bits per heavy atom. The molecule has 0 radical (unpaired) electrons. The van der Waals surface area contributed by atoms with Gasteiger partial charge in [0.1, 0.15) is 5.75 Å². The van der Waals surface area contributed by atoms with Crippen molar-refractivity contribution in [2.24, 2.45) is 0 Å². The Morgan fingerprint density at radius 2 is 2.00 bits per heavy atom. The van der Waals surface area contributed by atoms with Crippen LogP contribution >= 0.6 is 0 Å². The van der Waals surface area contributed by atoms with E-state index in [1.165, 1.54) is 18.5 Å². The fraction of sp³-hybridized carbons (Fsp3) is 0.400. The molecule has 1 aromatic carbocycles. The van der Waals surface area contributed by atoms with Gasteiger partial charge in [0, 0.05) is 17.0 Å². The number of aromatic nitrogens is 1. The molecule has 18 heavy (non-hydrogen) atoms. The lowest BCUT2D eigenvalue weighted by Gasteiger charge is -2.22. The summed E-state index contributed by atoms with van der Waals surface area (Å²) in [4.78, 5) is 4.79. The molecule has 94 valence electrons. The standard InChI is InChI=1S/C15H18N2O/c1-18-13-3-5-15-12(10-13)2-4-14(17-15)11-6-8-16-9-7-11/h2-5,10-11,16H,6-9H2,1H3. The normalized spacial score (nSPS) is 16.9. The molecular formula is C15H18N2O. The summed E-state index contributed by atoms with van der Waals surface area (Å²) in [5, 5.41) is 4.54. The van der Waals surface area contributed by atoms with Crippen molar-refractivity contribution in [2.45, 2.75) is 18.8 Å². The first kappa shape index (κ1) is 11.5. The second-order valence-corrected chi connectivity index (χ2v) is 4.82. The molecule has 0 saturated carbocycles. The molecule has 0 bridgehead atoms. The van der Waals surface area contributed by atoms with E-state index in [9.17, 15) is 0 Å². The number of ether oxygens (including phenoxy) is 1. The molecule has 1 aliphatic rings. The third-order valence-electron chi connectivity index (χ3n) is 3.68. The number of methoxy groups -OCH3 is 1. The molecule has 1 N–H and O–H groups in total. The van der Waals surface area contributed by atoms with Gasteiger partial charge in [-0.15, -0.1) is 0 Å². The lowest BCUT2D eigenvalue weighted by Crippen LogP contribution is -2.27. The molecule has 3 rings (SSSR count). The molecule has 2 aromatic rings. The first-order valence-corrected chi connectivity index (χ1v) is 6.52. The van der Waals surface area contributed by atoms with E-state index >= 15 is 0 Å². The predicted octanol–water partition coefficient (Wildman–Crippen LogP) is 2.71. The molecule has 1 aliphatic heterocycles. The zero-order valence-electron chi connectivity index (χ0n) is 10.6. The molecule has 0 aliphatic carbocycles. The lowest BCUT2D eigenvalue weighted by molar-refractivity contribution is 0.415. The molecule has 1 fully saturated rings. The average Bonchev–Trinajstić information content (AvgIpc) is 2.47. The van der Waals surface area contributed by atoms with Crippen LogP contribution in [-0.2, 0) is 0 Å². The summed E-state index contributed by atoms with van der Waals surface area (Å²) in [5.41, 5.74) is 2.29. The molecule has 0 atom stereocenters. The fourth-order valence-corrected chi connectivity index (χ4v) is 2.59. The van der Waals surface area contributed by atoms with Gasteiger partial charge < -0.3 is 10.1 Å². The number of rotatable bonds is 2. The highest BCUT2D eigenvalue weighted by Gasteiger charge is 2.16. The molecular weight excluding hydrogens is 224 g/mol. The maximum atomic E-state index is 5.23. The van der Waals surface area contributed by atoms with Crippen LogP contribution in [0.2, 0.25) is 0 Å². The van der Waals surface area contributed by atoms with Crippen LogP contribution in [0.3, 0.4) is 0 Å². The van der Waals surface area contributed by atoms with Crippen LogP contribution in [-0.4, -0.2) is 25.2 Å². The summed E-state index contributed by atoms with van der Waals surface area (Å²) in [5.74, 6) is 1.50. The number of hydrogen-bond donors (Lipinski definition) is 1. The van der Waals surface area contributed by atoms with Crippen molar-refractivity contribution in [2.75, 3.05) is 20.2 Å². The Balaban J connectivity index is 1.95. The Kier molecular flexibility index (Phi) is 3.15. The third-order valence-corrected chi connectivity index (χ3v) is 3.68. The first-order chi connectivity index (χ1) is 8.86. The molecule has 3 heteroatoms. The van der Waals surface area contributed by atoms with Gasteiger partial charge in [-0.3, -0.25) is 4.98 Å². The summed E-state index contributed by atoms with van der Waals surface area (Å²) in [7, 11) is 1.69. The topological polar surface area (TPSA) is 34.1 Å². The van der Waals surface area contributed by atoms with Gasteiger partial charge in [0.2, 0.25) is 0 Å². The monoisotopic (exact) mass is 242 g/mol. The van der Waals surface area contributed by atoms with Crippen LogP contribution < -0.4 is 10.1 Å². The number of nitrogens with zero attached hydrogens (tertiary/aromatic N) is 1.